The van der Waals surface area contributed by atoms with Gasteiger partial charge in [-0.25, -0.2) is 4.79 Å². The van der Waals surface area contributed by atoms with E-state index in [1.165, 1.54) is 12.8 Å². The van der Waals surface area contributed by atoms with Gasteiger partial charge in [0.25, 0.3) is 0 Å². The number of urea groups is 1. The van der Waals surface area contributed by atoms with E-state index in [0.29, 0.717) is 6.54 Å². The average molecular weight is 210 g/mol. The fourth-order valence-electron chi connectivity index (χ4n) is 1.70. The summed E-state index contributed by atoms with van der Waals surface area (Å²) in [6, 6.07) is 0.0904. The van der Waals surface area contributed by atoms with Gasteiger partial charge in [-0.05, 0) is 19.3 Å². The Morgan fingerprint density at radius 2 is 2.07 bits per heavy atom. The normalized spacial score (nSPS) is 16.2. The third-order valence-electron chi connectivity index (χ3n) is 2.66. The molecule has 3 nitrogen and oxygen atoms in total. The van der Waals surface area contributed by atoms with E-state index in [-0.39, 0.29) is 6.03 Å². The summed E-state index contributed by atoms with van der Waals surface area (Å²) in [6.07, 6.45) is 10.1. The van der Waals surface area contributed by atoms with Crippen LogP contribution in [0.15, 0.2) is 12.2 Å². The first-order valence-electron chi connectivity index (χ1n) is 6.02. The van der Waals surface area contributed by atoms with Crippen LogP contribution in [0.3, 0.4) is 0 Å². The Labute approximate surface area is 92.5 Å². The smallest absolute Gasteiger partial charge is 0.317 e. The van der Waals surface area contributed by atoms with Crippen molar-refractivity contribution in [2.45, 2.75) is 39.0 Å². The summed E-state index contributed by atoms with van der Waals surface area (Å²) in [5, 5.41) is 2.90. The number of carbonyl (C=O) groups excluding carboxylic acids is 1. The van der Waals surface area contributed by atoms with Gasteiger partial charge in [0.2, 0.25) is 0 Å². The Bertz CT molecular complexity index is 208. The van der Waals surface area contributed by atoms with Crippen LogP contribution in [0.2, 0.25) is 0 Å². The molecule has 1 heterocycles. The van der Waals surface area contributed by atoms with Crippen LogP contribution >= 0.6 is 0 Å². The van der Waals surface area contributed by atoms with Gasteiger partial charge in [-0.1, -0.05) is 31.9 Å². The number of rotatable bonds is 5. The van der Waals surface area contributed by atoms with Gasteiger partial charge in [0.15, 0.2) is 0 Å². The van der Waals surface area contributed by atoms with Crippen molar-refractivity contribution in [2.24, 2.45) is 0 Å². The zero-order valence-corrected chi connectivity index (χ0v) is 9.67. The molecule has 0 unspecified atom stereocenters. The molecular weight excluding hydrogens is 188 g/mol. The molecule has 0 atom stereocenters. The maximum Gasteiger partial charge on any atom is 0.317 e. The highest BCUT2D eigenvalue weighted by atomic mass is 16.2. The van der Waals surface area contributed by atoms with Gasteiger partial charge in [-0.3, -0.25) is 0 Å². The average Bonchev–Trinajstić information content (AvgIpc) is 2.76. The molecule has 2 amide bonds. The first kappa shape index (κ1) is 12.1. The number of hydrogen-bond acceptors (Lipinski definition) is 1. The summed E-state index contributed by atoms with van der Waals surface area (Å²) in [4.78, 5) is 13.4. The zero-order chi connectivity index (χ0) is 10.9. The zero-order valence-electron chi connectivity index (χ0n) is 9.67. The topological polar surface area (TPSA) is 32.3 Å². The molecule has 0 spiro atoms. The number of likely N-dealkylation sites (tertiary alicyclic amines) is 1. The molecule has 1 N–H and O–H groups in total. The second-order valence-electron chi connectivity index (χ2n) is 3.99. The van der Waals surface area contributed by atoms with Gasteiger partial charge in [-0.2, -0.15) is 0 Å². The summed E-state index contributed by atoms with van der Waals surface area (Å²) in [5.74, 6) is 0. The molecule has 1 rings (SSSR count). The second kappa shape index (κ2) is 7.32. The van der Waals surface area contributed by atoms with Crippen LogP contribution in [0.5, 0.6) is 0 Å². The predicted molar refractivity (Wildman–Crippen MR) is 62.9 cm³/mol. The summed E-state index contributed by atoms with van der Waals surface area (Å²) in [6.45, 7) is 4.69. The molecule has 1 aliphatic heterocycles. The lowest BCUT2D eigenvalue weighted by Gasteiger charge is -2.14. The monoisotopic (exact) mass is 210 g/mol. The Kier molecular flexibility index (Phi) is 5.90. The first-order chi connectivity index (χ1) is 7.34. The van der Waals surface area contributed by atoms with E-state index in [0.717, 1.165) is 32.4 Å². The second-order valence-corrected chi connectivity index (χ2v) is 3.99. The highest BCUT2D eigenvalue weighted by Gasteiger charge is 2.16. The quantitative estimate of drug-likeness (QED) is 0.549. The van der Waals surface area contributed by atoms with Crippen molar-refractivity contribution in [1.29, 1.82) is 0 Å². The molecule has 86 valence electrons. The lowest BCUT2D eigenvalue weighted by molar-refractivity contribution is 0.210. The van der Waals surface area contributed by atoms with Gasteiger partial charge < -0.3 is 10.2 Å². The Balaban J connectivity index is 2.03. The molecule has 0 aliphatic carbocycles. The highest BCUT2D eigenvalue weighted by molar-refractivity contribution is 5.74. The molecule has 0 aromatic carbocycles. The number of allylic oxidation sites excluding steroid dienone is 1. The van der Waals surface area contributed by atoms with Gasteiger partial charge in [-0.15, -0.1) is 0 Å². The van der Waals surface area contributed by atoms with Crippen LogP contribution in [0.1, 0.15) is 39.0 Å². The van der Waals surface area contributed by atoms with Gasteiger partial charge in [0.1, 0.15) is 0 Å². The third kappa shape index (κ3) is 4.86. The number of carbonyl (C=O) groups is 1. The Morgan fingerprint density at radius 3 is 2.73 bits per heavy atom. The number of amides is 2. The standard InChI is InChI=1S/C12H22N2O/c1-2-3-4-5-6-9-13-12(15)14-10-7-8-11-14/h5-6H,2-4,7-11H2,1H3,(H,13,15)/b6-5+. The Morgan fingerprint density at radius 1 is 1.33 bits per heavy atom. The van der Waals surface area contributed by atoms with Gasteiger partial charge in [0, 0.05) is 19.6 Å². The lowest BCUT2D eigenvalue weighted by atomic mass is 10.2. The van der Waals surface area contributed by atoms with Crippen LogP contribution in [-0.2, 0) is 0 Å². The summed E-state index contributed by atoms with van der Waals surface area (Å²) < 4.78 is 0. The molecule has 0 saturated carbocycles. The predicted octanol–water partition coefficient (Wildman–Crippen LogP) is 2.54. The Hall–Kier alpha value is -0.990. The first-order valence-corrected chi connectivity index (χ1v) is 6.02. The molecule has 15 heavy (non-hydrogen) atoms. The van der Waals surface area contributed by atoms with Crippen LogP contribution in [0.25, 0.3) is 0 Å². The molecule has 1 aliphatic rings. The number of nitrogens with one attached hydrogen (secondary N) is 1. The lowest BCUT2D eigenvalue weighted by Crippen LogP contribution is -2.37. The van der Waals surface area contributed by atoms with Crippen molar-refractivity contribution >= 4 is 6.03 Å². The van der Waals surface area contributed by atoms with Crippen LogP contribution in [0.4, 0.5) is 4.79 Å². The molecule has 0 aromatic heterocycles. The number of nitrogens with zero attached hydrogens (tertiary/aromatic N) is 1. The van der Waals surface area contributed by atoms with E-state index in [1.54, 1.807) is 0 Å². The summed E-state index contributed by atoms with van der Waals surface area (Å²) in [5.41, 5.74) is 0. The molecular formula is C12H22N2O. The van der Waals surface area contributed by atoms with E-state index in [4.69, 9.17) is 0 Å². The minimum atomic E-state index is 0.0904. The maximum atomic E-state index is 11.5. The maximum absolute atomic E-state index is 11.5. The van der Waals surface area contributed by atoms with Crippen molar-refractivity contribution in [3.8, 4) is 0 Å². The van der Waals surface area contributed by atoms with Gasteiger partial charge >= 0.3 is 6.03 Å². The van der Waals surface area contributed by atoms with Crippen LogP contribution in [0, 0.1) is 0 Å². The highest BCUT2D eigenvalue weighted by Crippen LogP contribution is 2.06. The summed E-state index contributed by atoms with van der Waals surface area (Å²) >= 11 is 0. The molecule has 1 saturated heterocycles. The van der Waals surface area contributed by atoms with Crippen molar-refractivity contribution in [1.82, 2.24) is 10.2 Å². The summed E-state index contributed by atoms with van der Waals surface area (Å²) in [7, 11) is 0. The van der Waals surface area contributed by atoms with Gasteiger partial charge in [0.05, 0.1) is 0 Å². The fourth-order valence-corrected chi connectivity index (χ4v) is 1.70. The van der Waals surface area contributed by atoms with Crippen molar-refractivity contribution in [3.05, 3.63) is 12.2 Å². The SMILES string of the molecule is CCCC/C=C/CNC(=O)N1CCCC1. The number of hydrogen-bond donors (Lipinski definition) is 1. The van der Waals surface area contributed by atoms with E-state index in [9.17, 15) is 4.79 Å². The largest absolute Gasteiger partial charge is 0.335 e. The number of unbranched alkanes of at least 4 members (excludes halogenated alkanes) is 2. The minimum Gasteiger partial charge on any atom is -0.335 e. The van der Waals surface area contributed by atoms with Crippen molar-refractivity contribution in [3.63, 3.8) is 0 Å². The molecule has 0 radical (unpaired) electrons. The minimum absolute atomic E-state index is 0.0904. The van der Waals surface area contributed by atoms with Crippen LogP contribution in [-0.4, -0.2) is 30.6 Å². The molecule has 1 fully saturated rings. The molecule has 3 heteroatoms. The van der Waals surface area contributed by atoms with E-state index in [2.05, 4.69) is 18.3 Å². The van der Waals surface area contributed by atoms with E-state index >= 15 is 0 Å². The van der Waals surface area contributed by atoms with E-state index < -0.39 is 0 Å². The molecule has 0 bridgehead atoms. The van der Waals surface area contributed by atoms with E-state index in [1.807, 2.05) is 11.0 Å². The third-order valence-corrected chi connectivity index (χ3v) is 2.66. The molecule has 0 aromatic rings. The van der Waals surface area contributed by atoms with Crippen molar-refractivity contribution in [2.75, 3.05) is 19.6 Å². The fraction of sp³-hybridized carbons (Fsp3) is 0.750. The van der Waals surface area contributed by atoms with Crippen molar-refractivity contribution < 1.29 is 4.79 Å². The van der Waals surface area contributed by atoms with Crippen LogP contribution < -0.4 is 5.32 Å².